The largest absolute Gasteiger partial charge is 0.378 e. The minimum Gasteiger partial charge on any atom is -0.378 e. The monoisotopic (exact) mass is 439 g/mol. The fourth-order valence-electron chi connectivity index (χ4n) is 3.53. The van der Waals surface area contributed by atoms with Crippen LogP contribution in [0.3, 0.4) is 0 Å². The van der Waals surface area contributed by atoms with Gasteiger partial charge in [-0.25, -0.2) is 8.42 Å². The lowest BCUT2D eigenvalue weighted by Gasteiger charge is -2.29. The molecule has 1 unspecified atom stereocenters. The first-order chi connectivity index (χ1) is 14.3. The van der Waals surface area contributed by atoms with Gasteiger partial charge in [-0.05, 0) is 18.6 Å². The van der Waals surface area contributed by atoms with Gasteiger partial charge in [0.2, 0.25) is 11.8 Å². The molecule has 0 aliphatic carbocycles. The average Bonchev–Trinajstić information content (AvgIpc) is 3.04. The average molecular weight is 439 g/mol. The Morgan fingerprint density at radius 1 is 1.10 bits per heavy atom. The summed E-state index contributed by atoms with van der Waals surface area (Å²) in [6.07, 6.45) is 0.348. The normalized spacial score (nSPS) is 19.2. The van der Waals surface area contributed by atoms with Gasteiger partial charge in [0.1, 0.15) is 6.04 Å². The van der Waals surface area contributed by atoms with Crippen molar-refractivity contribution in [3.05, 3.63) is 29.3 Å². The van der Waals surface area contributed by atoms with Crippen molar-refractivity contribution in [1.82, 2.24) is 10.2 Å². The number of carbonyl (C=O) groups excluding carboxylic acids is 3. The van der Waals surface area contributed by atoms with Gasteiger partial charge in [0.25, 0.3) is 5.91 Å². The lowest BCUT2D eigenvalue weighted by atomic mass is 10.0. The third-order valence-electron chi connectivity index (χ3n) is 5.00. The van der Waals surface area contributed by atoms with E-state index in [4.69, 9.17) is 15.2 Å². The lowest BCUT2D eigenvalue weighted by Crippen LogP contribution is -2.52. The van der Waals surface area contributed by atoms with Crippen molar-refractivity contribution < 1.29 is 32.3 Å². The minimum atomic E-state index is -3.70. The Morgan fingerprint density at radius 3 is 2.53 bits per heavy atom. The zero-order valence-electron chi connectivity index (χ0n) is 16.5. The Hall–Kier alpha value is -2.34. The first-order valence-electron chi connectivity index (χ1n) is 9.70. The molecule has 2 aliphatic rings. The van der Waals surface area contributed by atoms with Crippen molar-refractivity contribution in [2.24, 2.45) is 5.73 Å². The summed E-state index contributed by atoms with van der Waals surface area (Å²) >= 11 is 0. The number of carbonyl (C=O) groups is 3. The molecule has 0 saturated carbocycles. The van der Waals surface area contributed by atoms with E-state index < -0.39 is 27.7 Å². The highest BCUT2D eigenvalue weighted by Gasteiger charge is 2.40. The number of benzene rings is 1. The second kappa shape index (κ2) is 9.65. The topological polar surface area (TPSA) is 145 Å². The highest BCUT2D eigenvalue weighted by atomic mass is 32.2. The zero-order chi connectivity index (χ0) is 21.7. The molecule has 164 valence electrons. The van der Waals surface area contributed by atoms with Crippen molar-refractivity contribution in [2.75, 3.05) is 38.7 Å². The summed E-state index contributed by atoms with van der Waals surface area (Å²) in [4.78, 5) is 37.7. The number of ether oxygens (including phenoxy) is 2. The van der Waals surface area contributed by atoms with Gasteiger partial charge in [-0.3, -0.25) is 19.7 Å². The van der Waals surface area contributed by atoms with E-state index in [9.17, 15) is 22.8 Å². The molecule has 10 nitrogen and oxygen atoms in total. The van der Waals surface area contributed by atoms with Crippen molar-refractivity contribution >= 4 is 27.6 Å². The zero-order valence-corrected chi connectivity index (χ0v) is 17.3. The predicted octanol–water partition coefficient (Wildman–Crippen LogP) is -0.787. The number of nitrogens with two attached hydrogens (primary N) is 1. The summed E-state index contributed by atoms with van der Waals surface area (Å²) in [5, 5.41) is 2.23. The first-order valence-corrected chi connectivity index (χ1v) is 11.3. The van der Waals surface area contributed by atoms with Crippen LogP contribution in [0.4, 0.5) is 0 Å². The number of imide groups is 1. The molecule has 0 spiro atoms. The molecule has 3 amide bonds. The molecule has 2 heterocycles. The van der Waals surface area contributed by atoms with Gasteiger partial charge in [0, 0.05) is 30.6 Å². The van der Waals surface area contributed by atoms with Gasteiger partial charge >= 0.3 is 0 Å². The number of hydrogen-bond acceptors (Lipinski definition) is 8. The highest BCUT2D eigenvalue weighted by Crippen LogP contribution is 2.32. The number of piperidine rings is 1. The Labute approximate surface area is 174 Å². The Kier molecular flexibility index (Phi) is 7.19. The van der Waals surface area contributed by atoms with E-state index in [-0.39, 0.29) is 54.7 Å². The van der Waals surface area contributed by atoms with Crippen LogP contribution in [0.2, 0.25) is 0 Å². The van der Waals surface area contributed by atoms with E-state index in [0.717, 1.165) is 0 Å². The molecule has 0 bridgehead atoms. The van der Waals surface area contributed by atoms with Crippen LogP contribution in [-0.2, 0) is 35.4 Å². The summed E-state index contributed by atoms with van der Waals surface area (Å²) in [5.41, 5.74) is 5.94. The van der Waals surface area contributed by atoms with E-state index in [1.807, 2.05) is 0 Å². The van der Waals surface area contributed by atoms with Crippen LogP contribution >= 0.6 is 0 Å². The van der Waals surface area contributed by atoms with Crippen LogP contribution < -0.4 is 11.1 Å². The quantitative estimate of drug-likeness (QED) is 0.356. The smallest absolute Gasteiger partial charge is 0.255 e. The molecule has 0 aromatic heterocycles. The van der Waals surface area contributed by atoms with E-state index >= 15 is 0 Å². The minimum absolute atomic E-state index is 0.00360. The Morgan fingerprint density at radius 2 is 1.83 bits per heavy atom. The highest BCUT2D eigenvalue weighted by molar-refractivity contribution is 7.91. The lowest BCUT2D eigenvalue weighted by molar-refractivity contribution is -0.136. The predicted molar refractivity (Wildman–Crippen MR) is 105 cm³/mol. The second-order valence-corrected chi connectivity index (χ2v) is 9.09. The van der Waals surface area contributed by atoms with Crippen LogP contribution in [-0.4, -0.2) is 75.8 Å². The summed E-state index contributed by atoms with van der Waals surface area (Å²) in [7, 11) is -3.70. The molecule has 3 rings (SSSR count). The number of rotatable bonds is 10. The maximum atomic E-state index is 12.8. The Bertz CT molecular complexity index is 932. The molecule has 1 atom stereocenters. The number of amides is 3. The summed E-state index contributed by atoms with van der Waals surface area (Å²) < 4.78 is 36.2. The summed E-state index contributed by atoms with van der Waals surface area (Å²) in [6.45, 7) is 1.39. The second-order valence-electron chi connectivity index (χ2n) is 7.01. The van der Waals surface area contributed by atoms with Gasteiger partial charge in [-0.2, -0.15) is 0 Å². The third kappa shape index (κ3) is 4.86. The third-order valence-corrected chi connectivity index (χ3v) is 6.76. The molecule has 1 saturated heterocycles. The molecule has 0 radical (unpaired) electrons. The number of sulfone groups is 1. The van der Waals surface area contributed by atoms with E-state index in [1.165, 1.54) is 17.0 Å². The van der Waals surface area contributed by atoms with Crippen LogP contribution in [0.1, 0.15) is 28.8 Å². The van der Waals surface area contributed by atoms with Crippen LogP contribution in [0.25, 0.3) is 0 Å². The van der Waals surface area contributed by atoms with Crippen molar-refractivity contribution in [1.29, 1.82) is 0 Å². The Balaban J connectivity index is 1.68. The van der Waals surface area contributed by atoms with Gasteiger partial charge in [-0.1, -0.05) is 6.07 Å². The maximum Gasteiger partial charge on any atom is 0.255 e. The van der Waals surface area contributed by atoms with E-state index in [1.54, 1.807) is 6.07 Å². The fourth-order valence-corrected chi connectivity index (χ4v) is 4.93. The summed E-state index contributed by atoms with van der Waals surface area (Å²) in [5.74, 6) is -1.57. The van der Waals surface area contributed by atoms with Crippen LogP contribution in [0.15, 0.2) is 23.1 Å². The molecule has 2 aliphatic heterocycles. The van der Waals surface area contributed by atoms with E-state index in [0.29, 0.717) is 25.3 Å². The molecule has 3 N–H and O–H groups in total. The van der Waals surface area contributed by atoms with Gasteiger partial charge < -0.3 is 20.1 Å². The molecular weight excluding hydrogens is 414 g/mol. The van der Waals surface area contributed by atoms with Crippen molar-refractivity contribution in [3.63, 3.8) is 0 Å². The molecule has 30 heavy (non-hydrogen) atoms. The van der Waals surface area contributed by atoms with Gasteiger partial charge in [-0.15, -0.1) is 0 Å². The number of nitrogens with zero attached hydrogens (tertiary/aromatic N) is 1. The molecule has 11 heteroatoms. The van der Waals surface area contributed by atoms with Crippen LogP contribution in [0.5, 0.6) is 0 Å². The molecular formula is C19H25N3O7S. The van der Waals surface area contributed by atoms with E-state index in [2.05, 4.69) is 5.32 Å². The summed E-state index contributed by atoms with van der Waals surface area (Å²) in [6, 6.07) is 3.72. The number of nitrogens with one attached hydrogen (secondary N) is 1. The molecule has 1 aromatic carbocycles. The molecule has 1 aromatic rings. The van der Waals surface area contributed by atoms with Crippen LogP contribution in [0, 0.1) is 0 Å². The van der Waals surface area contributed by atoms with Crippen molar-refractivity contribution in [3.8, 4) is 0 Å². The first kappa shape index (κ1) is 22.3. The SMILES string of the molecule is NCCOCCOCCS(=O)(=O)c1cccc2c1CN(C1CCC(=O)NC1=O)C2=O. The molecule has 1 fully saturated rings. The van der Waals surface area contributed by atoms with Gasteiger partial charge in [0.05, 0.1) is 37.1 Å². The maximum absolute atomic E-state index is 12.8. The van der Waals surface area contributed by atoms with Crippen molar-refractivity contribution in [2.45, 2.75) is 30.3 Å². The van der Waals surface area contributed by atoms with Gasteiger partial charge in [0.15, 0.2) is 9.84 Å². The standard InChI is InChI=1S/C19H25N3O7S/c20-6-7-28-8-9-29-10-11-30(26,27)16-3-1-2-13-14(16)12-22(19(13)25)15-4-5-17(23)21-18(15)24/h1-3,15H,4-12,20H2,(H,21,23,24). The fraction of sp³-hybridized carbons (Fsp3) is 0.526. The number of hydrogen-bond donors (Lipinski definition) is 2. The number of fused-ring (bicyclic) bond motifs is 1.